The van der Waals surface area contributed by atoms with Crippen LogP contribution in [0.25, 0.3) is 0 Å². The summed E-state index contributed by atoms with van der Waals surface area (Å²) in [5.41, 5.74) is 1.60. The lowest BCUT2D eigenvalue weighted by atomic mass is 10.1. The van der Waals surface area contributed by atoms with Gasteiger partial charge in [-0.3, -0.25) is 9.59 Å². The van der Waals surface area contributed by atoms with Crippen molar-refractivity contribution in [3.05, 3.63) is 90.5 Å². The van der Waals surface area contributed by atoms with Crippen molar-refractivity contribution >= 4 is 29.3 Å². The highest BCUT2D eigenvalue weighted by Crippen LogP contribution is 2.36. The molecule has 3 aromatic carbocycles. The van der Waals surface area contributed by atoms with Gasteiger partial charge in [0.05, 0.1) is 0 Å². The Morgan fingerprint density at radius 1 is 0.900 bits per heavy atom. The average Bonchev–Trinajstić information content (AvgIpc) is 2.78. The van der Waals surface area contributed by atoms with Crippen LogP contribution in [0.4, 0.5) is 5.69 Å². The van der Waals surface area contributed by atoms with Crippen LogP contribution < -0.4 is 15.4 Å². The van der Waals surface area contributed by atoms with Crippen LogP contribution >= 0.6 is 11.8 Å². The number of ether oxygens (including phenoxy) is 1. The molecule has 2 N–H and O–H groups in total. The number of hydrogen-bond donors (Lipinski definition) is 2. The molecule has 0 aliphatic heterocycles. The Morgan fingerprint density at radius 3 is 2.17 bits per heavy atom. The fourth-order valence-electron chi connectivity index (χ4n) is 2.78. The van der Waals surface area contributed by atoms with Crippen LogP contribution in [0, 0.1) is 0 Å². The molecule has 1 unspecified atom stereocenters. The van der Waals surface area contributed by atoms with E-state index < -0.39 is 0 Å². The van der Waals surface area contributed by atoms with Crippen molar-refractivity contribution < 1.29 is 14.3 Å². The molecular weight excluding hydrogens is 396 g/mol. The smallest absolute Gasteiger partial charge is 0.257 e. The molecule has 0 aliphatic rings. The lowest BCUT2D eigenvalue weighted by Crippen LogP contribution is -2.28. The topological polar surface area (TPSA) is 67.4 Å². The van der Waals surface area contributed by atoms with Crippen molar-refractivity contribution in [3.63, 3.8) is 0 Å². The van der Waals surface area contributed by atoms with E-state index in [-0.39, 0.29) is 23.7 Å². The molecule has 3 rings (SSSR count). The van der Waals surface area contributed by atoms with E-state index in [2.05, 4.69) is 10.6 Å². The molecule has 30 heavy (non-hydrogen) atoms. The fraction of sp³-hybridized carbons (Fsp3) is 0.167. The number of carbonyl (C=O) groups excluding carboxylic acids is 2. The van der Waals surface area contributed by atoms with Gasteiger partial charge in [-0.25, -0.2) is 0 Å². The molecule has 0 saturated heterocycles. The van der Waals surface area contributed by atoms with Gasteiger partial charge >= 0.3 is 0 Å². The Kier molecular flexibility index (Phi) is 7.92. The SMILES string of the molecule is CCNC(=O)COc1ccc(NC(=O)C(Sc2ccccc2)c2ccccc2)cc1. The van der Waals surface area contributed by atoms with Gasteiger partial charge in [0.25, 0.3) is 5.91 Å². The Morgan fingerprint density at radius 2 is 1.53 bits per heavy atom. The van der Waals surface area contributed by atoms with Gasteiger partial charge in [-0.15, -0.1) is 11.8 Å². The summed E-state index contributed by atoms with van der Waals surface area (Å²) in [5, 5.41) is 5.27. The molecule has 5 nitrogen and oxygen atoms in total. The summed E-state index contributed by atoms with van der Waals surface area (Å²) < 4.78 is 5.45. The Balaban J connectivity index is 1.67. The summed E-state index contributed by atoms with van der Waals surface area (Å²) in [6, 6.07) is 26.6. The minimum absolute atomic E-state index is 0.0384. The summed E-state index contributed by atoms with van der Waals surface area (Å²) in [6.45, 7) is 2.38. The lowest BCUT2D eigenvalue weighted by molar-refractivity contribution is -0.123. The second-order valence-electron chi connectivity index (χ2n) is 6.48. The van der Waals surface area contributed by atoms with Crippen molar-refractivity contribution in [2.45, 2.75) is 17.1 Å². The number of carbonyl (C=O) groups is 2. The van der Waals surface area contributed by atoms with Crippen LogP contribution in [-0.4, -0.2) is 25.0 Å². The molecule has 3 aromatic rings. The number of thioether (sulfide) groups is 1. The minimum atomic E-state index is -0.387. The molecule has 2 amide bonds. The molecule has 0 heterocycles. The first-order valence-electron chi connectivity index (χ1n) is 9.73. The van der Waals surface area contributed by atoms with Crippen LogP contribution in [0.15, 0.2) is 89.8 Å². The van der Waals surface area contributed by atoms with Crippen LogP contribution in [0.2, 0.25) is 0 Å². The molecule has 154 valence electrons. The predicted molar refractivity (Wildman–Crippen MR) is 121 cm³/mol. The second-order valence-corrected chi connectivity index (χ2v) is 7.66. The lowest BCUT2D eigenvalue weighted by Gasteiger charge is -2.17. The van der Waals surface area contributed by atoms with Gasteiger partial charge in [0.15, 0.2) is 6.61 Å². The van der Waals surface area contributed by atoms with Crippen LogP contribution in [0.5, 0.6) is 5.75 Å². The van der Waals surface area contributed by atoms with Gasteiger partial charge in [-0.2, -0.15) is 0 Å². The molecule has 0 saturated carbocycles. The van der Waals surface area contributed by atoms with E-state index in [1.54, 1.807) is 24.3 Å². The van der Waals surface area contributed by atoms with E-state index in [4.69, 9.17) is 4.74 Å². The fourth-order valence-corrected chi connectivity index (χ4v) is 3.82. The van der Waals surface area contributed by atoms with Crippen molar-refractivity contribution in [2.75, 3.05) is 18.5 Å². The summed E-state index contributed by atoms with van der Waals surface area (Å²) in [7, 11) is 0. The highest BCUT2D eigenvalue weighted by atomic mass is 32.2. The van der Waals surface area contributed by atoms with Crippen molar-refractivity contribution in [1.82, 2.24) is 5.32 Å². The highest BCUT2D eigenvalue weighted by Gasteiger charge is 2.22. The van der Waals surface area contributed by atoms with Crippen LogP contribution in [0.3, 0.4) is 0 Å². The van der Waals surface area contributed by atoms with E-state index in [9.17, 15) is 9.59 Å². The zero-order chi connectivity index (χ0) is 21.2. The molecule has 0 aromatic heterocycles. The first-order chi connectivity index (χ1) is 14.7. The Labute approximate surface area is 180 Å². The van der Waals surface area contributed by atoms with Gasteiger partial charge in [-0.05, 0) is 48.9 Å². The molecular formula is C24H24N2O3S. The third kappa shape index (κ3) is 6.39. The second kappa shape index (κ2) is 11.1. The normalized spacial score (nSPS) is 11.4. The molecule has 0 fully saturated rings. The number of nitrogens with one attached hydrogen (secondary N) is 2. The van der Waals surface area contributed by atoms with E-state index in [1.807, 2.05) is 67.6 Å². The number of hydrogen-bond acceptors (Lipinski definition) is 4. The summed E-state index contributed by atoms with van der Waals surface area (Å²) in [4.78, 5) is 25.6. The minimum Gasteiger partial charge on any atom is -0.484 e. The zero-order valence-electron chi connectivity index (χ0n) is 16.7. The van der Waals surface area contributed by atoms with Crippen molar-refractivity contribution in [3.8, 4) is 5.75 Å². The van der Waals surface area contributed by atoms with Crippen LogP contribution in [0.1, 0.15) is 17.7 Å². The predicted octanol–water partition coefficient (Wildman–Crippen LogP) is 4.67. The van der Waals surface area contributed by atoms with Crippen molar-refractivity contribution in [1.29, 1.82) is 0 Å². The van der Waals surface area contributed by atoms with Gasteiger partial charge < -0.3 is 15.4 Å². The Hall–Kier alpha value is -3.25. The molecule has 0 aliphatic carbocycles. The van der Waals surface area contributed by atoms with E-state index in [0.29, 0.717) is 18.0 Å². The maximum atomic E-state index is 13.1. The van der Waals surface area contributed by atoms with Gasteiger partial charge in [-0.1, -0.05) is 48.5 Å². The van der Waals surface area contributed by atoms with Crippen LogP contribution in [-0.2, 0) is 9.59 Å². The van der Waals surface area contributed by atoms with E-state index in [0.717, 1.165) is 10.5 Å². The third-order valence-electron chi connectivity index (χ3n) is 4.20. The average molecular weight is 421 g/mol. The maximum absolute atomic E-state index is 13.1. The monoisotopic (exact) mass is 420 g/mol. The van der Waals surface area contributed by atoms with E-state index in [1.165, 1.54) is 11.8 Å². The van der Waals surface area contributed by atoms with Gasteiger partial charge in [0.2, 0.25) is 5.91 Å². The Bertz CT molecular complexity index is 947. The summed E-state index contributed by atoms with van der Waals surface area (Å²) in [5.74, 6) is 0.294. The standard InChI is InChI=1S/C24H24N2O3S/c1-2-25-22(27)17-29-20-15-13-19(14-16-20)26-24(28)23(18-9-5-3-6-10-18)30-21-11-7-4-8-12-21/h3-16,23H,2,17H2,1H3,(H,25,27)(H,26,28). The van der Waals surface area contributed by atoms with Gasteiger partial charge in [0, 0.05) is 17.1 Å². The molecule has 1 atom stereocenters. The van der Waals surface area contributed by atoms with Gasteiger partial charge in [0.1, 0.15) is 11.0 Å². The maximum Gasteiger partial charge on any atom is 0.257 e. The first-order valence-corrected chi connectivity index (χ1v) is 10.6. The highest BCUT2D eigenvalue weighted by molar-refractivity contribution is 8.00. The molecule has 6 heteroatoms. The largest absolute Gasteiger partial charge is 0.484 e. The number of benzene rings is 3. The van der Waals surface area contributed by atoms with E-state index >= 15 is 0 Å². The summed E-state index contributed by atoms with van der Waals surface area (Å²) >= 11 is 1.51. The molecule has 0 spiro atoms. The first kappa shape index (κ1) is 21.5. The van der Waals surface area contributed by atoms with Crippen molar-refractivity contribution in [2.24, 2.45) is 0 Å². The number of amides is 2. The zero-order valence-corrected chi connectivity index (χ0v) is 17.5. The number of rotatable bonds is 9. The summed E-state index contributed by atoms with van der Waals surface area (Å²) in [6.07, 6.45) is 0. The third-order valence-corrected chi connectivity index (χ3v) is 5.47. The quantitative estimate of drug-likeness (QED) is 0.494. The molecule has 0 bridgehead atoms. The molecule has 0 radical (unpaired) electrons. The number of likely N-dealkylation sites (N-methyl/N-ethyl adjacent to an activating group) is 1. The number of anilines is 1.